The molecule has 0 aliphatic carbocycles. The molecule has 0 saturated carbocycles. The number of carbonyl (C=O) groups is 2. The van der Waals surface area contributed by atoms with E-state index in [-0.39, 0.29) is 0 Å². The highest BCUT2D eigenvalue weighted by molar-refractivity contribution is 5.92. The molecular formula is C13H15NO4. The Kier molecular flexibility index (Phi) is 3.50. The Hall–Kier alpha value is -2.04. The number of carbonyl (C=O) groups excluding carboxylic acids is 2. The maximum absolute atomic E-state index is 11.8. The predicted octanol–water partition coefficient (Wildman–Crippen LogP) is 1.22. The van der Waals surface area contributed by atoms with Crippen LogP contribution in [0.25, 0.3) is 0 Å². The Balaban J connectivity index is 2.02. The van der Waals surface area contributed by atoms with Crippen LogP contribution in [0, 0.1) is 0 Å². The van der Waals surface area contributed by atoms with E-state index in [0.717, 1.165) is 5.69 Å². The number of anilines is 1. The topological polar surface area (TPSA) is 55.8 Å². The Morgan fingerprint density at radius 1 is 1.33 bits per heavy atom. The van der Waals surface area contributed by atoms with Crippen molar-refractivity contribution in [3.05, 3.63) is 29.8 Å². The monoisotopic (exact) mass is 249 g/mol. The lowest BCUT2D eigenvalue weighted by Crippen LogP contribution is -2.22. The largest absolute Gasteiger partial charge is 0.463 e. The normalized spacial score (nSPS) is 18.3. The van der Waals surface area contributed by atoms with E-state index in [0.29, 0.717) is 18.6 Å². The summed E-state index contributed by atoms with van der Waals surface area (Å²) in [7, 11) is 3.84. The first-order valence-electron chi connectivity index (χ1n) is 5.73. The summed E-state index contributed by atoms with van der Waals surface area (Å²) in [5.74, 6) is -0.961. The first kappa shape index (κ1) is 12.4. The Morgan fingerprint density at radius 2 is 2.00 bits per heavy atom. The van der Waals surface area contributed by atoms with E-state index >= 15 is 0 Å². The van der Waals surface area contributed by atoms with E-state index in [4.69, 9.17) is 9.47 Å². The molecule has 1 fully saturated rings. The molecule has 2 rings (SSSR count). The number of benzene rings is 1. The molecule has 1 aliphatic heterocycles. The van der Waals surface area contributed by atoms with E-state index in [1.54, 1.807) is 12.1 Å². The summed E-state index contributed by atoms with van der Waals surface area (Å²) in [5, 5.41) is 0. The average molecular weight is 249 g/mol. The Labute approximate surface area is 105 Å². The molecule has 1 atom stereocenters. The number of esters is 2. The van der Waals surface area contributed by atoms with Gasteiger partial charge in [-0.1, -0.05) is 0 Å². The first-order valence-corrected chi connectivity index (χ1v) is 5.73. The lowest BCUT2D eigenvalue weighted by molar-refractivity contribution is -0.145. The Morgan fingerprint density at radius 3 is 2.50 bits per heavy atom. The number of hydrogen-bond donors (Lipinski definition) is 0. The molecule has 0 unspecified atom stereocenters. The quantitative estimate of drug-likeness (QED) is 0.754. The summed E-state index contributed by atoms with van der Waals surface area (Å²) in [4.78, 5) is 24.9. The van der Waals surface area contributed by atoms with Crippen LogP contribution in [0.1, 0.15) is 16.8 Å². The summed E-state index contributed by atoms with van der Waals surface area (Å²) in [5.41, 5.74) is 1.42. The summed E-state index contributed by atoms with van der Waals surface area (Å²) in [6.45, 7) is 0.316. The minimum absolute atomic E-state index is 0.316. The molecule has 1 heterocycles. The zero-order chi connectivity index (χ0) is 13.1. The van der Waals surface area contributed by atoms with Crippen LogP contribution in [0.3, 0.4) is 0 Å². The second kappa shape index (κ2) is 5.08. The van der Waals surface area contributed by atoms with Gasteiger partial charge in [-0.3, -0.25) is 0 Å². The van der Waals surface area contributed by atoms with Gasteiger partial charge in [-0.2, -0.15) is 0 Å². The van der Waals surface area contributed by atoms with Crippen molar-refractivity contribution in [3.8, 4) is 0 Å². The standard InChI is InChI=1S/C13H15NO4/c1-14(2)10-5-3-9(4-6-10)12(15)18-11-7-8-17-13(11)16/h3-6,11H,7-8H2,1-2H3/t11-/m1/s1. The third-order valence-electron chi connectivity index (χ3n) is 2.76. The zero-order valence-electron chi connectivity index (χ0n) is 10.4. The van der Waals surface area contributed by atoms with E-state index in [2.05, 4.69) is 0 Å². The van der Waals surface area contributed by atoms with Crippen LogP contribution < -0.4 is 4.90 Å². The van der Waals surface area contributed by atoms with Crippen molar-refractivity contribution >= 4 is 17.6 Å². The van der Waals surface area contributed by atoms with Gasteiger partial charge in [-0.15, -0.1) is 0 Å². The van der Waals surface area contributed by atoms with Crippen LogP contribution in [0.5, 0.6) is 0 Å². The highest BCUT2D eigenvalue weighted by atomic mass is 16.6. The molecule has 0 radical (unpaired) electrons. The first-order chi connectivity index (χ1) is 8.58. The van der Waals surface area contributed by atoms with Crippen molar-refractivity contribution in [2.24, 2.45) is 0 Å². The number of cyclic esters (lactones) is 1. The van der Waals surface area contributed by atoms with Gasteiger partial charge in [-0.25, -0.2) is 9.59 Å². The number of nitrogens with zero attached hydrogens (tertiary/aromatic N) is 1. The van der Waals surface area contributed by atoms with Crippen LogP contribution in [-0.2, 0) is 14.3 Å². The van der Waals surface area contributed by atoms with Crippen molar-refractivity contribution in [1.29, 1.82) is 0 Å². The van der Waals surface area contributed by atoms with Gasteiger partial charge in [-0.05, 0) is 24.3 Å². The second-order valence-electron chi connectivity index (χ2n) is 4.29. The van der Waals surface area contributed by atoms with Crippen molar-refractivity contribution < 1.29 is 19.1 Å². The van der Waals surface area contributed by atoms with Gasteiger partial charge in [0.25, 0.3) is 0 Å². The fraction of sp³-hybridized carbons (Fsp3) is 0.385. The fourth-order valence-corrected chi connectivity index (χ4v) is 1.68. The highest BCUT2D eigenvalue weighted by Crippen LogP contribution is 2.16. The van der Waals surface area contributed by atoms with Crippen molar-refractivity contribution in [3.63, 3.8) is 0 Å². The van der Waals surface area contributed by atoms with Crippen LogP contribution in [-0.4, -0.2) is 38.7 Å². The van der Waals surface area contributed by atoms with Gasteiger partial charge >= 0.3 is 11.9 Å². The predicted molar refractivity (Wildman–Crippen MR) is 65.5 cm³/mol. The van der Waals surface area contributed by atoms with Crippen LogP contribution >= 0.6 is 0 Å². The molecule has 0 spiro atoms. The molecule has 5 nitrogen and oxygen atoms in total. The van der Waals surface area contributed by atoms with Gasteiger partial charge in [0.1, 0.15) is 0 Å². The molecule has 96 valence electrons. The minimum atomic E-state index is -0.758. The van der Waals surface area contributed by atoms with Gasteiger partial charge in [0, 0.05) is 26.2 Å². The van der Waals surface area contributed by atoms with E-state index in [1.165, 1.54) is 0 Å². The number of ether oxygens (including phenoxy) is 2. The fourth-order valence-electron chi connectivity index (χ4n) is 1.68. The molecule has 0 aromatic heterocycles. The number of hydrogen-bond acceptors (Lipinski definition) is 5. The second-order valence-corrected chi connectivity index (χ2v) is 4.29. The molecule has 1 aromatic rings. The minimum Gasteiger partial charge on any atom is -0.463 e. The maximum Gasteiger partial charge on any atom is 0.347 e. The smallest absolute Gasteiger partial charge is 0.347 e. The molecule has 1 saturated heterocycles. The molecule has 0 N–H and O–H groups in total. The van der Waals surface area contributed by atoms with Crippen molar-refractivity contribution in [2.75, 3.05) is 25.6 Å². The van der Waals surface area contributed by atoms with E-state index < -0.39 is 18.0 Å². The van der Waals surface area contributed by atoms with Gasteiger partial charge in [0.2, 0.25) is 6.10 Å². The number of rotatable bonds is 3. The third-order valence-corrected chi connectivity index (χ3v) is 2.76. The molecule has 5 heteroatoms. The van der Waals surface area contributed by atoms with Crippen molar-refractivity contribution in [1.82, 2.24) is 0 Å². The molecule has 1 aliphatic rings. The van der Waals surface area contributed by atoms with Crippen LogP contribution in [0.2, 0.25) is 0 Å². The summed E-state index contributed by atoms with van der Waals surface area (Å²) >= 11 is 0. The maximum atomic E-state index is 11.8. The molecular weight excluding hydrogens is 234 g/mol. The summed E-state index contributed by atoms with van der Waals surface area (Å²) in [6, 6.07) is 7.00. The summed E-state index contributed by atoms with van der Waals surface area (Å²) < 4.78 is 9.81. The average Bonchev–Trinajstić information content (AvgIpc) is 2.75. The van der Waals surface area contributed by atoms with Crippen molar-refractivity contribution in [2.45, 2.75) is 12.5 Å². The molecule has 0 amide bonds. The lowest BCUT2D eigenvalue weighted by Gasteiger charge is -2.13. The lowest BCUT2D eigenvalue weighted by atomic mass is 10.2. The molecule has 18 heavy (non-hydrogen) atoms. The van der Waals surface area contributed by atoms with Gasteiger partial charge in [0.15, 0.2) is 0 Å². The highest BCUT2D eigenvalue weighted by Gasteiger charge is 2.30. The zero-order valence-corrected chi connectivity index (χ0v) is 10.4. The summed E-state index contributed by atoms with van der Waals surface area (Å²) in [6.07, 6.45) is -0.327. The van der Waals surface area contributed by atoms with Gasteiger partial charge < -0.3 is 14.4 Å². The molecule has 0 bridgehead atoms. The van der Waals surface area contributed by atoms with Crippen LogP contribution in [0.15, 0.2) is 24.3 Å². The Bertz CT molecular complexity index is 453. The van der Waals surface area contributed by atoms with Crippen LogP contribution in [0.4, 0.5) is 5.69 Å². The van der Waals surface area contributed by atoms with E-state index in [1.807, 2.05) is 31.1 Å². The van der Waals surface area contributed by atoms with E-state index in [9.17, 15) is 9.59 Å². The third kappa shape index (κ3) is 2.61. The van der Waals surface area contributed by atoms with Gasteiger partial charge in [0.05, 0.1) is 12.2 Å². The SMILES string of the molecule is CN(C)c1ccc(C(=O)O[C@@H]2CCOC2=O)cc1. The molecule has 1 aromatic carbocycles.